The zero-order valence-electron chi connectivity index (χ0n) is 31.0. The molecule has 14 nitrogen and oxygen atoms in total. The number of carbonyl (C=O) groups excluding carboxylic acids is 6. The Labute approximate surface area is 295 Å². The van der Waals surface area contributed by atoms with E-state index >= 15 is 0 Å². The van der Waals surface area contributed by atoms with E-state index in [-0.39, 0.29) is 43.4 Å². The van der Waals surface area contributed by atoms with E-state index < -0.39 is 77.0 Å². The highest BCUT2D eigenvalue weighted by atomic mass is 16.7. The molecule has 0 radical (unpaired) electrons. The summed E-state index contributed by atoms with van der Waals surface area (Å²) in [6.45, 7) is 15.0. The number of nitrogens with zero attached hydrogens (tertiary/aromatic N) is 2. The maximum Gasteiger partial charge on any atom is 0.333 e. The number of benzene rings is 1. The van der Waals surface area contributed by atoms with Crippen LogP contribution in [0.1, 0.15) is 93.1 Å². The van der Waals surface area contributed by atoms with Gasteiger partial charge >= 0.3 is 11.9 Å². The molecule has 1 aromatic carbocycles. The molecule has 1 aliphatic rings. The van der Waals surface area contributed by atoms with Crippen LogP contribution in [0.15, 0.2) is 30.3 Å². The van der Waals surface area contributed by atoms with Crippen LogP contribution in [0.2, 0.25) is 0 Å². The molecule has 2 rings (SSSR count). The number of aliphatic carboxylic acids is 1. The van der Waals surface area contributed by atoms with Gasteiger partial charge in [0, 0.05) is 37.3 Å². The van der Waals surface area contributed by atoms with Gasteiger partial charge in [0.2, 0.25) is 17.7 Å². The molecular formula is C36H55N5O9. The maximum atomic E-state index is 14.2. The van der Waals surface area contributed by atoms with Gasteiger partial charge in [0.1, 0.15) is 12.1 Å². The number of carboxylic acid groups (broad SMARTS) is 1. The average Bonchev–Trinajstić information content (AvgIpc) is 3.35. The third-order valence-electron chi connectivity index (χ3n) is 9.30. The third kappa shape index (κ3) is 10.8. The van der Waals surface area contributed by atoms with Crippen LogP contribution in [0, 0.1) is 17.3 Å². The van der Waals surface area contributed by atoms with Crippen LogP contribution >= 0.6 is 0 Å². The number of imide groups is 1. The molecule has 5 atom stereocenters. The third-order valence-corrected chi connectivity index (χ3v) is 9.30. The first-order chi connectivity index (χ1) is 23.1. The summed E-state index contributed by atoms with van der Waals surface area (Å²) in [6, 6.07) is 6.17. The molecule has 1 saturated heterocycles. The van der Waals surface area contributed by atoms with E-state index in [1.54, 1.807) is 25.9 Å². The van der Waals surface area contributed by atoms with Crippen LogP contribution in [0.25, 0.3) is 0 Å². The number of hydrogen-bond donors (Lipinski definition) is 4. The smallest absolute Gasteiger partial charge is 0.333 e. The predicted octanol–water partition coefficient (Wildman–Crippen LogP) is 2.55. The van der Waals surface area contributed by atoms with Gasteiger partial charge in [-0.1, -0.05) is 85.7 Å². The Bertz CT molecular complexity index is 1390. The molecule has 0 saturated carbocycles. The average molecular weight is 702 g/mol. The number of carbonyl (C=O) groups is 7. The SMILES string of the molecule is CN[C@H](C(=O)N[C@H](C(=O)N(C)[C@H](CC(C)C(=O)NC(CCC(=O)ON1C(=O)CCC1=O)C(=O)O)C(C)C)C(C)(C)C)C(C)(C)c1ccccc1. The molecule has 4 N–H and O–H groups in total. The lowest BCUT2D eigenvalue weighted by molar-refractivity contribution is -0.197. The number of likely N-dealkylation sites (N-methyl/N-ethyl adjacent to an activating group) is 2. The second-order valence-electron chi connectivity index (χ2n) is 15.0. The van der Waals surface area contributed by atoms with Crippen molar-refractivity contribution >= 4 is 41.5 Å². The van der Waals surface area contributed by atoms with Crippen molar-refractivity contribution in [2.45, 2.75) is 117 Å². The molecule has 2 unspecified atom stereocenters. The van der Waals surface area contributed by atoms with Crippen molar-refractivity contribution in [3.63, 3.8) is 0 Å². The van der Waals surface area contributed by atoms with E-state index in [4.69, 9.17) is 4.84 Å². The van der Waals surface area contributed by atoms with E-state index in [1.165, 1.54) is 0 Å². The van der Waals surface area contributed by atoms with E-state index in [0.717, 1.165) is 5.56 Å². The summed E-state index contributed by atoms with van der Waals surface area (Å²) in [6.07, 6.45) is -0.775. The fourth-order valence-corrected chi connectivity index (χ4v) is 6.08. The number of amides is 5. The molecule has 278 valence electrons. The molecule has 0 aromatic heterocycles. The van der Waals surface area contributed by atoms with Gasteiger partial charge in [-0.15, -0.1) is 5.06 Å². The second kappa shape index (κ2) is 17.6. The van der Waals surface area contributed by atoms with Crippen molar-refractivity contribution in [3.8, 4) is 0 Å². The quantitative estimate of drug-likeness (QED) is 0.176. The number of hydrogen-bond acceptors (Lipinski definition) is 9. The Kier molecular flexibility index (Phi) is 14.7. The minimum atomic E-state index is -1.44. The van der Waals surface area contributed by atoms with E-state index in [0.29, 0.717) is 5.06 Å². The zero-order valence-corrected chi connectivity index (χ0v) is 31.0. The summed E-state index contributed by atoms with van der Waals surface area (Å²) in [4.78, 5) is 95.1. The molecule has 1 fully saturated rings. The van der Waals surface area contributed by atoms with Gasteiger partial charge in [-0.2, -0.15) is 0 Å². The molecule has 14 heteroatoms. The maximum absolute atomic E-state index is 14.2. The molecule has 1 aliphatic heterocycles. The van der Waals surface area contributed by atoms with E-state index in [1.807, 2.05) is 78.8 Å². The Morgan fingerprint density at radius 2 is 1.46 bits per heavy atom. The van der Waals surface area contributed by atoms with Gasteiger partial charge in [0.15, 0.2) is 0 Å². The van der Waals surface area contributed by atoms with Crippen LogP contribution < -0.4 is 16.0 Å². The molecule has 50 heavy (non-hydrogen) atoms. The second-order valence-corrected chi connectivity index (χ2v) is 15.0. The summed E-state index contributed by atoms with van der Waals surface area (Å²) in [5.74, 6) is -5.79. The normalized spacial score (nSPS) is 16.7. The first-order valence-electron chi connectivity index (χ1n) is 17.0. The fourth-order valence-electron chi connectivity index (χ4n) is 6.08. The van der Waals surface area contributed by atoms with Gasteiger partial charge in [-0.25, -0.2) is 9.59 Å². The highest BCUT2D eigenvalue weighted by Crippen LogP contribution is 2.29. The van der Waals surface area contributed by atoms with Crippen LogP contribution in [0.3, 0.4) is 0 Å². The lowest BCUT2D eigenvalue weighted by Crippen LogP contribution is -2.62. The van der Waals surface area contributed by atoms with Gasteiger partial charge in [0.25, 0.3) is 11.8 Å². The van der Waals surface area contributed by atoms with Gasteiger partial charge in [0.05, 0.1) is 12.5 Å². The molecular weight excluding hydrogens is 646 g/mol. The largest absolute Gasteiger partial charge is 0.480 e. The van der Waals surface area contributed by atoms with Crippen LogP contribution in [-0.2, 0) is 43.8 Å². The standard InChI is InChI=1S/C36H55N5O9/c1-21(2)25(20-22(3)31(45)38-24(34(48)49)16-19-28(44)50-41-26(42)17-18-27(41)43)40(10)33(47)30(35(4,5)6)39-32(46)29(37-9)36(7,8)23-14-12-11-13-15-23/h11-15,21-22,24-25,29-30,37H,16-20H2,1-10H3,(H,38,45)(H,39,46)(H,48,49)/t22?,24?,25-,29-,30-/m1/s1. The van der Waals surface area contributed by atoms with Crippen molar-refractivity contribution in [3.05, 3.63) is 35.9 Å². The lowest BCUT2D eigenvalue weighted by atomic mass is 9.76. The minimum absolute atomic E-state index is 0.0780. The molecule has 5 amide bonds. The first kappa shape index (κ1) is 41.8. The highest BCUT2D eigenvalue weighted by Gasteiger charge is 2.42. The number of hydroxylamine groups is 2. The predicted molar refractivity (Wildman–Crippen MR) is 185 cm³/mol. The van der Waals surface area contributed by atoms with Gasteiger partial charge in [-0.05, 0) is 36.8 Å². The number of carboxylic acids is 1. The van der Waals surface area contributed by atoms with Crippen molar-refractivity contribution in [1.29, 1.82) is 0 Å². The van der Waals surface area contributed by atoms with Crippen molar-refractivity contribution in [2.24, 2.45) is 17.3 Å². The topological polar surface area (TPSA) is 192 Å². The van der Waals surface area contributed by atoms with Crippen molar-refractivity contribution < 1.29 is 43.5 Å². The summed E-state index contributed by atoms with van der Waals surface area (Å²) in [5.41, 5.74) is -0.329. The van der Waals surface area contributed by atoms with Crippen molar-refractivity contribution in [2.75, 3.05) is 14.1 Å². The van der Waals surface area contributed by atoms with Gasteiger partial charge < -0.3 is 30.8 Å². The number of rotatable bonds is 17. The first-order valence-corrected chi connectivity index (χ1v) is 17.0. The Morgan fingerprint density at radius 3 is 1.94 bits per heavy atom. The molecule has 0 bridgehead atoms. The summed E-state index contributed by atoms with van der Waals surface area (Å²) < 4.78 is 0. The Hall–Kier alpha value is -4.33. The van der Waals surface area contributed by atoms with Crippen LogP contribution in [0.4, 0.5) is 0 Å². The Balaban J connectivity index is 2.14. The monoisotopic (exact) mass is 701 g/mol. The molecule has 1 heterocycles. The summed E-state index contributed by atoms with van der Waals surface area (Å²) in [5, 5.41) is 18.7. The number of nitrogens with one attached hydrogen (secondary N) is 3. The summed E-state index contributed by atoms with van der Waals surface area (Å²) in [7, 11) is 3.34. The molecule has 0 spiro atoms. The van der Waals surface area contributed by atoms with Crippen molar-refractivity contribution in [1.82, 2.24) is 25.9 Å². The van der Waals surface area contributed by atoms with E-state index in [9.17, 15) is 38.7 Å². The lowest BCUT2D eigenvalue weighted by Gasteiger charge is -2.40. The molecule has 1 aromatic rings. The van der Waals surface area contributed by atoms with E-state index in [2.05, 4.69) is 16.0 Å². The summed E-state index contributed by atoms with van der Waals surface area (Å²) >= 11 is 0. The fraction of sp³-hybridized carbons (Fsp3) is 0.639. The van der Waals surface area contributed by atoms with Gasteiger partial charge in [-0.3, -0.25) is 24.0 Å². The minimum Gasteiger partial charge on any atom is -0.480 e. The Morgan fingerprint density at radius 1 is 0.900 bits per heavy atom. The zero-order chi connectivity index (χ0) is 38.1. The highest BCUT2D eigenvalue weighted by molar-refractivity contribution is 6.01. The molecule has 0 aliphatic carbocycles. The van der Waals surface area contributed by atoms with Crippen LogP contribution in [0.5, 0.6) is 0 Å². The van der Waals surface area contributed by atoms with Crippen LogP contribution in [-0.4, -0.2) is 94.8 Å².